The van der Waals surface area contributed by atoms with E-state index in [1.807, 2.05) is 36.7 Å². The summed E-state index contributed by atoms with van der Waals surface area (Å²) in [6, 6.07) is 10.9. The van der Waals surface area contributed by atoms with Crippen molar-refractivity contribution in [3.8, 4) is 17.2 Å². The lowest BCUT2D eigenvalue weighted by molar-refractivity contribution is 0.0997. The molecular formula is C18H16N2O4S. The zero-order valence-corrected chi connectivity index (χ0v) is 14.6. The predicted molar refractivity (Wildman–Crippen MR) is 94.4 cm³/mol. The lowest BCUT2D eigenvalue weighted by Crippen LogP contribution is -2.13. The molecule has 0 radical (unpaired) electrons. The highest BCUT2D eigenvalue weighted by atomic mass is 32.1. The standard InChI is InChI=1S/C18H16N2O4S/c1-3-22-13-5-4-6-15-16(13)20(2)18(25-15)19-17(21)11-7-8-12-14(9-11)24-10-23-12/h4-9H,3,10H2,1-2H3. The number of amides is 1. The highest BCUT2D eigenvalue weighted by molar-refractivity contribution is 7.16. The normalized spacial score (nSPS) is 13.4. The van der Waals surface area contributed by atoms with Gasteiger partial charge < -0.3 is 18.8 Å². The van der Waals surface area contributed by atoms with Crippen LogP contribution in [-0.2, 0) is 7.05 Å². The van der Waals surface area contributed by atoms with Crippen LogP contribution in [0.25, 0.3) is 10.2 Å². The van der Waals surface area contributed by atoms with E-state index < -0.39 is 0 Å². The quantitative estimate of drug-likeness (QED) is 0.723. The van der Waals surface area contributed by atoms with E-state index in [9.17, 15) is 4.79 Å². The molecule has 0 saturated carbocycles. The summed E-state index contributed by atoms with van der Waals surface area (Å²) in [5, 5.41) is 0. The van der Waals surface area contributed by atoms with Gasteiger partial charge in [0, 0.05) is 12.6 Å². The molecule has 7 heteroatoms. The van der Waals surface area contributed by atoms with Gasteiger partial charge in [-0.15, -0.1) is 0 Å². The minimum Gasteiger partial charge on any atom is -0.492 e. The number of fused-ring (bicyclic) bond motifs is 2. The van der Waals surface area contributed by atoms with E-state index in [2.05, 4.69) is 4.99 Å². The summed E-state index contributed by atoms with van der Waals surface area (Å²) >= 11 is 1.45. The molecule has 1 aromatic heterocycles. The number of thiazole rings is 1. The molecule has 2 heterocycles. The second kappa shape index (κ2) is 6.25. The molecule has 6 nitrogen and oxygen atoms in total. The Kier molecular flexibility index (Phi) is 3.93. The van der Waals surface area contributed by atoms with Crippen LogP contribution in [0, 0.1) is 0 Å². The monoisotopic (exact) mass is 356 g/mol. The Bertz CT molecular complexity index is 1040. The minimum atomic E-state index is -0.321. The van der Waals surface area contributed by atoms with Gasteiger partial charge in [0.25, 0.3) is 5.91 Å². The molecule has 0 saturated heterocycles. The molecule has 1 aliphatic rings. The van der Waals surface area contributed by atoms with Gasteiger partial charge in [-0.2, -0.15) is 4.99 Å². The number of para-hydroxylation sites is 1. The van der Waals surface area contributed by atoms with Gasteiger partial charge in [-0.1, -0.05) is 17.4 Å². The Hall–Kier alpha value is -2.80. The second-order valence-corrected chi connectivity index (χ2v) is 6.47. The Labute approximate surface area is 147 Å². The van der Waals surface area contributed by atoms with E-state index in [1.165, 1.54) is 11.3 Å². The van der Waals surface area contributed by atoms with Crippen LogP contribution in [-0.4, -0.2) is 23.9 Å². The highest BCUT2D eigenvalue weighted by Gasteiger charge is 2.16. The molecule has 0 fully saturated rings. The maximum Gasteiger partial charge on any atom is 0.279 e. The van der Waals surface area contributed by atoms with Gasteiger partial charge >= 0.3 is 0 Å². The third kappa shape index (κ3) is 2.76. The molecule has 25 heavy (non-hydrogen) atoms. The van der Waals surface area contributed by atoms with E-state index in [0.717, 1.165) is 16.0 Å². The summed E-state index contributed by atoms with van der Waals surface area (Å²) in [6.45, 7) is 2.70. The lowest BCUT2D eigenvalue weighted by atomic mass is 10.2. The number of aryl methyl sites for hydroxylation is 1. The smallest absolute Gasteiger partial charge is 0.279 e. The number of aromatic nitrogens is 1. The average Bonchev–Trinajstić information content (AvgIpc) is 3.20. The van der Waals surface area contributed by atoms with Crippen molar-refractivity contribution in [2.45, 2.75) is 6.92 Å². The van der Waals surface area contributed by atoms with Gasteiger partial charge in [0.15, 0.2) is 16.3 Å². The lowest BCUT2D eigenvalue weighted by Gasteiger charge is -2.05. The van der Waals surface area contributed by atoms with Gasteiger partial charge in [-0.3, -0.25) is 4.79 Å². The average molecular weight is 356 g/mol. The van der Waals surface area contributed by atoms with Crippen molar-refractivity contribution in [1.82, 2.24) is 4.57 Å². The van der Waals surface area contributed by atoms with Crippen LogP contribution in [0.2, 0.25) is 0 Å². The molecule has 0 unspecified atom stereocenters. The van der Waals surface area contributed by atoms with E-state index in [4.69, 9.17) is 14.2 Å². The van der Waals surface area contributed by atoms with Crippen LogP contribution >= 0.6 is 11.3 Å². The van der Waals surface area contributed by atoms with E-state index in [0.29, 0.717) is 28.5 Å². The van der Waals surface area contributed by atoms with Gasteiger partial charge in [0.2, 0.25) is 6.79 Å². The van der Waals surface area contributed by atoms with Crippen molar-refractivity contribution in [2.24, 2.45) is 12.0 Å². The van der Waals surface area contributed by atoms with Crippen molar-refractivity contribution in [1.29, 1.82) is 0 Å². The summed E-state index contributed by atoms with van der Waals surface area (Å²) < 4.78 is 19.2. The number of hydrogen-bond acceptors (Lipinski definition) is 5. The van der Waals surface area contributed by atoms with Crippen molar-refractivity contribution >= 4 is 27.5 Å². The maximum atomic E-state index is 12.6. The summed E-state index contributed by atoms with van der Waals surface area (Å²) in [4.78, 5) is 17.5. The van der Waals surface area contributed by atoms with E-state index >= 15 is 0 Å². The Balaban J connectivity index is 1.77. The number of hydrogen-bond donors (Lipinski definition) is 0. The zero-order valence-electron chi connectivity index (χ0n) is 13.8. The zero-order chi connectivity index (χ0) is 17.4. The molecule has 4 rings (SSSR count). The summed E-state index contributed by atoms with van der Waals surface area (Å²) in [5.41, 5.74) is 1.40. The summed E-state index contributed by atoms with van der Waals surface area (Å²) in [5.74, 6) is 1.68. The topological polar surface area (TPSA) is 62.1 Å². The van der Waals surface area contributed by atoms with E-state index in [1.54, 1.807) is 18.2 Å². The molecule has 2 aromatic carbocycles. The first-order chi connectivity index (χ1) is 12.2. The van der Waals surface area contributed by atoms with Gasteiger partial charge in [0.1, 0.15) is 11.3 Å². The molecule has 0 bridgehead atoms. The van der Waals surface area contributed by atoms with Crippen LogP contribution in [0.4, 0.5) is 0 Å². The molecular weight excluding hydrogens is 340 g/mol. The van der Waals surface area contributed by atoms with Crippen molar-refractivity contribution in [3.05, 3.63) is 46.8 Å². The Morgan fingerprint density at radius 1 is 1.28 bits per heavy atom. The van der Waals surface area contributed by atoms with Crippen LogP contribution in [0.1, 0.15) is 17.3 Å². The number of ether oxygens (including phenoxy) is 3. The van der Waals surface area contributed by atoms with Crippen molar-refractivity contribution in [2.75, 3.05) is 13.4 Å². The van der Waals surface area contributed by atoms with Gasteiger partial charge in [-0.05, 0) is 37.3 Å². The summed E-state index contributed by atoms with van der Waals surface area (Å²) in [7, 11) is 1.88. The van der Waals surface area contributed by atoms with Gasteiger partial charge in [0.05, 0.1) is 11.3 Å². The van der Waals surface area contributed by atoms with Crippen LogP contribution in [0.5, 0.6) is 17.2 Å². The third-order valence-electron chi connectivity index (χ3n) is 3.90. The third-order valence-corrected chi connectivity index (χ3v) is 5.00. The fourth-order valence-corrected chi connectivity index (χ4v) is 3.76. The predicted octanol–water partition coefficient (Wildman–Crippen LogP) is 3.11. The van der Waals surface area contributed by atoms with Crippen LogP contribution in [0.15, 0.2) is 41.4 Å². The van der Waals surface area contributed by atoms with Crippen molar-refractivity contribution < 1.29 is 19.0 Å². The molecule has 0 aliphatic carbocycles. The fraction of sp³-hybridized carbons (Fsp3) is 0.222. The number of rotatable bonds is 3. The van der Waals surface area contributed by atoms with Gasteiger partial charge in [-0.25, -0.2) is 0 Å². The number of carbonyl (C=O) groups excluding carboxylic acids is 1. The molecule has 1 aliphatic heterocycles. The first-order valence-corrected chi connectivity index (χ1v) is 8.69. The summed E-state index contributed by atoms with van der Waals surface area (Å²) in [6.07, 6.45) is 0. The van der Waals surface area contributed by atoms with Crippen LogP contribution in [0.3, 0.4) is 0 Å². The molecule has 0 N–H and O–H groups in total. The highest BCUT2D eigenvalue weighted by Crippen LogP contribution is 2.32. The number of carbonyl (C=O) groups is 1. The molecule has 0 atom stereocenters. The second-order valence-electron chi connectivity index (χ2n) is 5.46. The maximum absolute atomic E-state index is 12.6. The van der Waals surface area contributed by atoms with Crippen LogP contribution < -0.4 is 19.0 Å². The Morgan fingerprint density at radius 2 is 2.12 bits per heavy atom. The molecule has 1 amide bonds. The minimum absolute atomic E-state index is 0.176. The number of nitrogens with zero attached hydrogens (tertiary/aromatic N) is 2. The first kappa shape index (κ1) is 15.7. The molecule has 0 spiro atoms. The molecule has 3 aromatic rings. The van der Waals surface area contributed by atoms with E-state index in [-0.39, 0.29) is 12.7 Å². The largest absolute Gasteiger partial charge is 0.492 e. The SMILES string of the molecule is CCOc1cccc2sc(=NC(=O)c3ccc4c(c3)OCO4)n(C)c12. The fourth-order valence-electron chi connectivity index (χ4n) is 2.73. The molecule has 128 valence electrons. The Morgan fingerprint density at radius 3 is 2.96 bits per heavy atom. The van der Waals surface area contributed by atoms with Crippen molar-refractivity contribution in [3.63, 3.8) is 0 Å². The number of benzene rings is 2. The first-order valence-electron chi connectivity index (χ1n) is 7.87.